The summed E-state index contributed by atoms with van der Waals surface area (Å²) in [5, 5.41) is 11.8. The zero-order valence-electron chi connectivity index (χ0n) is 13.8. The standard InChI is InChI=1S/C20H20FNO3/c21-16-6-1-5-15(10-16)13-20(8-3-9-20)19(25)22-17-7-2-4-14(11-17)12-18(23)24/h1-2,4-7,10-11H,3,8-9,12-13H2,(H,22,25)(H,23,24). The van der Waals surface area contributed by atoms with Gasteiger partial charge >= 0.3 is 5.97 Å². The number of benzene rings is 2. The maximum atomic E-state index is 13.4. The maximum Gasteiger partial charge on any atom is 0.307 e. The molecule has 1 fully saturated rings. The second-order valence-corrected chi connectivity index (χ2v) is 6.67. The Morgan fingerprint density at radius 3 is 2.44 bits per heavy atom. The number of hydrogen-bond acceptors (Lipinski definition) is 2. The van der Waals surface area contributed by atoms with Crippen molar-refractivity contribution in [1.82, 2.24) is 0 Å². The van der Waals surface area contributed by atoms with Crippen molar-refractivity contribution >= 4 is 17.6 Å². The lowest BCUT2D eigenvalue weighted by Gasteiger charge is -2.40. The number of halogens is 1. The highest BCUT2D eigenvalue weighted by Gasteiger charge is 2.44. The van der Waals surface area contributed by atoms with E-state index in [1.807, 2.05) is 6.07 Å². The number of rotatable bonds is 6. The normalized spacial score (nSPS) is 15.2. The zero-order chi connectivity index (χ0) is 17.9. The summed E-state index contributed by atoms with van der Waals surface area (Å²) in [4.78, 5) is 23.6. The summed E-state index contributed by atoms with van der Waals surface area (Å²) in [5.41, 5.74) is 1.53. The molecule has 0 radical (unpaired) electrons. The van der Waals surface area contributed by atoms with Crippen molar-refractivity contribution in [2.45, 2.75) is 32.1 Å². The molecule has 0 aromatic heterocycles. The number of nitrogens with one attached hydrogen (secondary N) is 1. The molecule has 5 heteroatoms. The van der Waals surface area contributed by atoms with Gasteiger partial charge in [-0.1, -0.05) is 30.7 Å². The fraction of sp³-hybridized carbons (Fsp3) is 0.300. The van der Waals surface area contributed by atoms with Crippen molar-refractivity contribution in [3.63, 3.8) is 0 Å². The summed E-state index contributed by atoms with van der Waals surface area (Å²) in [6.45, 7) is 0. The van der Waals surface area contributed by atoms with Crippen LogP contribution in [-0.2, 0) is 22.4 Å². The van der Waals surface area contributed by atoms with E-state index in [-0.39, 0.29) is 18.1 Å². The van der Waals surface area contributed by atoms with Crippen molar-refractivity contribution in [1.29, 1.82) is 0 Å². The number of aliphatic carboxylic acids is 1. The number of carboxylic acid groups (broad SMARTS) is 1. The molecular weight excluding hydrogens is 321 g/mol. The lowest BCUT2D eigenvalue weighted by Crippen LogP contribution is -2.43. The molecule has 0 bridgehead atoms. The molecule has 0 heterocycles. The third-order valence-electron chi connectivity index (χ3n) is 4.76. The van der Waals surface area contributed by atoms with Crippen molar-refractivity contribution in [3.05, 3.63) is 65.5 Å². The van der Waals surface area contributed by atoms with Crippen LogP contribution in [0.4, 0.5) is 10.1 Å². The lowest BCUT2D eigenvalue weighted by atomic mass is 9.64. The molecule has 0 saturated heterocycles. The molecule has 130 valence electrons. The Kier molecular flexibility index (Phi) is 4.83. The van der Waals surface area contributed by atoms with Gasteiger partial charge in [0, 0.05) is 5.69 Å². The highest BCUT2D eigenvalue weighted by atomic mass is 19.1. The molecule has 1 aliphatic carbocycles. The molecule has 0 atom stereocenters. The number of carbonyl (C=O) groups is 2. The van der Waals surface area contributed by atoms with Gasteiger partial charge in [0.2, 0.25) is 5.91 Å². The summed E-state index contributed by atoms with van der Waals surface area (Å²) < 4.78 is 13.4. The van der Waals surface area contributed by atoms with E-state index in [1.54, 1.807) is 30.3 Å². The van der Waals surface area contributed by atoms with E-state index in [1.165, 1.54) is 12.1 Å². The van der Waals surface area contributed by atoms with Crippen molar-refractivity contribution < 1.29 is 19.1 Å². The first-order chi connectivity index (χ1) is 12.0. The van der Waals surface area contributed by atoms with Crippen LogP contribution < -0.4 is 5.32 Å². The Hall–Kier alpha value is -2.69. The van der Waals surface area contributed by atoms with Gasteiger partial charge in [0.25, 0.3) is 0 Å². The van der Waals surface area contributed by atoms with Crippen LogP contribution in [0.15, 0.2) is 48.5 Å². The van der Waals surface area contributed by atoms with Crippen LogP contribution in [0, 0.1) is 11.2 Å². The van der Waals surface area contributed by atoms with Gasteiger partial charge in [-0.3, -0.25) is 9.59 Å². The molecule has 1 amide bonds. The van der Waals surface area contributed by atoms with Crippen LogP contribution in [0.3, 0.4) is 0 Å². The van der Waals surface area contributed by atoms with Gasteiger partial charge in [-0.15, -0.1) is 0 Å². The van der Waals surface area contributed by atoms with Crippen molar-refractivity contribution in [3.8, 4) is 0 Å². The summed E-state index contributed by atoms with van der Waals surface area (Å²) in [6.07, 6.45) is 2.93. The van der Waals surface area contributed by atoms with E-state index < -0.39 is 11.4 Å². The molecule has 0 aliphatic heterocycles. The molecule has 0 unspecified atom stereocenters. The third-order valence-corrected chi connectivity index (χ3v) is 4.76. The van der Waals surface area contributed by atoms with Gasteiger partial charge < -0.3 is 10.4 Å². The number of anilines is 1. The molecule has 1 aliphatic rings. The van der Waals surface area contributed by atoms with Crippen LogP contribution in [0.25, 0.3) is 0 Å². The average Bonchev–Trinajstić information content (AvgIpc) is 2.50. The molecule has 1 saturated carbocycles. The van der Waals surface area contributed by atoms with E-state index in [9.17, 15) is 14.0 Å². The monoisotopic (exact) mass is 341 g/mol. The largest absolute Gasteiger partial charge is 0.481 e. The third kappa shape index (κ3) is 4.05. The molecule has 3 rings (SSSR count). The topological polar surface area (TPSA) is 66.4 Å². The van der Waals surface area contributed by atoms with E-state index in [0.717, 1.165) is 24.8 Å². The van der Waals surface area contributed by atoms with E-state index in [4.69, 9.17) is 5.11 Å². The fourth-order valence-corrected chi connectivity index (χ4v) is 3.32. The minimum absolute atomic E-state index is 0.0852. The number of carboxylic acids is 1. The van der Waals surface area contributed by atoms with Gasteiger partial charge in [0.15, 0.2) is 0 Å². The lowest BCUT2D eigenvalue weighted by molar-refractivity contribution is -0.136. The molecular formula is C20H20FNO3. The van der Waals surface area contributed by atoms with Gasteiger partial charge in [-0.2, -0.15) is 0 Å². The first-order valence-electron chi connectivity index (χ1n) is 8.33. The van der Waals surface area contributed by atoms with Gasteiger partial charge in [0.1, 0.15) is 5.82 Å². The molecule has 2 N–H and O–H groups in total. The van der Waals surface area contributed by atoms with Crippen LogP contribution in [0.2, 0.25) is 0 Å². The number of hydrogen-bond donors (Lipinski definition) is 2. The SMILES string of the molecule is O=C(O)Cc1cccc(NC(=O)C2(Cc3cccc(F)c3)CCC2)c1. The number of amides is 1. The molecule has 2 aromatic rings. The van der Waals surface area contributed by atoms with Gasteiger partial charge in [-0.05, 0) is 54.7 Å². The Morgan fingerprint density at radius 2 is 1.80 bits per heavy atom. The van der Waals surface area contributed by atoms with Crippen LogP contribution in [0.1, 0.15) is 30.4 Å². The van der Waals surface area contributed by atoms with Crippen LogP contribution in [-0.4, -0.2) is 17.0 Å². The van der Waals surface area contributed by atoms with Crippen molar-refractivity contribution in [2.24, 2.45) is 5.41 Å². The highest BCUT2D eigenvalue weighted by Crippen LogP contribution is 2.44. The second kappa shape index (κ2) is 7.05. The summed E-state index contributed by atoms with van der Waals surface area (Å²) in [6, 6.07) is 13.2. The first kappa shape index (κ1) is 17.1. The smallest absolute Gasteiger partial charge is 0.307 e. The Labute approximate surface area is 145 Å². The summed E-state index contributed by atoms with van der Waals surface area (Å²) in [5.74, 6) is -1.30. The van der Waals surface area contributed by atoms with Crippen molar-refractivity contribution in [2.75, 3.05) is 5.32 Å². The maximum absolute atomic E-state index is 13.4. The predicted octanol–water partition coefficient (Wildman–Crippen LogP) is 3.80. The zero-order valence-corrected chi connectivity index (χ0v) is 13.8. The second-order valence-electron chi connectivity index (χ2n) is 6.67. The first-order valence-corrected chi connectivity index (χ1v) is 8.33. The van der Waals surface area contributed by atoms with E-state index in [0.29, 0.717) is 17.7 Å². The van der Waals surface area contributed by atoms with Crippen LogP contribution >= 0.6 is 0 Å². The summed E-state index contributed by atoms with van der Waals surface area (Å²) in [7, 11) is 0. The van der Waals surface area contributed by atoms with Gasteiger partial charge in [-0.25, -0.2) is 4.39 Å². The number of carbonyl (C=O) groups excluding carboxylic acids is 1. The molecule has 2 aromatic carbocycles. The fourth-order valence-electron chi connectivity index (χ4n) is 3.32. The summed E-state index contributed by atoms with van der Waals surface area (Å²) >= 11 is 0. The Bertz CT molecular complexity index is 799. The van der Waals surface area contributed by atoms with Gasteiger partial charge in [0.05, 0.1) is 11.8 Å². The predicted molar refractivity (Wildman–Crippen MR) is 92.8 cm³/mol. The Morgan fingerprint density at radius 1 is 1.08 bits per heavy atom. The quantitative estimate of drug-likeness (QED) is 0.840. The Balaban J connectivity index is 1.73. The van der Waals surface area contributed by atoms with E-state index in [2.05, 4.69) is 5.32 Å². The van der Waals surface area contributed by atoms with Crippen LogP contribution in [0.5, 0.6) is 0 Å². The minimum atomic E-state index is -0.912. The molecule has 25 heavy (non-hydrogen) atoms. The highest BCUT2D eigenvalue weighted by molar-refractivity contribution is 5.96. The minimum Gasteiger partial charge on any atom is -0.481 e. The molecule has 0 spiro atoms. The average molecular weight is 341 g/mol. The molecule has 4 nitrogen and oxygen atoms in total. The van der Waals surface area contributed by atoms with E-state index >= 15 is 0 Å².